The minimum Gasteiger partial charge on any atom is -0.477 e. The highest BCUT2D eigenvalue weighted by Gasteiger charge is 2.14. The van der Waals surface area contributed by atoms with Crippen LogP contribution in [-0.2, 0) is 0 Å². The lowest BCUT2D eigenvalue weighted by atomic mass is 10.1. The zero-order chi connectivity index (χ0) is 12.4. The monoisotopic (exact) mass is 293 g/mol. The van der Waals surface area contributed by atoms with E-state index in [-0.39, 0.29) is 6.04 Å². The molecule has 2 rings (SSSR count). The van der Waals surface area contributed by atoms with Crippen molar-refractivity contribution in [1.29, 1.82) is 0 Å². The molecule has 2 aromatic rings. The van der Waals surface area contributed by atoms with E-state index in [9.17, 15) is 4.79 Å². The molecule has 17 heavy (non-hydrogen) atoms. The number of nitrogens with zero attached hydrogens (tertiary/aromatic N) is 1. The van der Waals surface area contributed by atoms with E-state index in [1.165, 1.54) is 0 Å². The molecule has 0 aliphatic carbocycles. The molecule has 3 nitrogen and oxygen atoms in total. The number of aromatic carboxylic acids is 1. The van der Waals surface area contributed by atoms with Crippen LogP contribution in [0.3, 0.4) is 0 Å². The zero-order valence-corrected chi connectivity index (χ0v) is 10.9. The summed E-state index contributed by atoms with van der Waals surface area (Å²) in [6.07, 6.45) is 1.79. The summed E-state index contributed by atoms with van der Waals surface area (Å²) >= 11 is 3.38. The van der Waals surface area contributed by atoms with Crippen LogP contribution < -0.4 is 0 Å². The van der Waals surface area contributed by atoms with Crippen molar-refractivity contribution in [3.8, 4) is 0 Å². The molecule has 0 saturated carbocycles. The molecule has 0 bridgehead atoms. The first-order chi connectivity index (χ1) is 8.09. The van der Waals surface area contributed by atoms with Crippen molar-refractivity contribution in [3.63, 3.8) is 0 Å². The summed E-state index contributed by atoms with van der Waals surface area (Å²) < 4.78 is 2.77. The Kier molecular flexibility index (Phi) is 3.33. The Hall–Kier alpha value is -1.55. The second kappa shape index (κ2) is 4.75. The maximum absolute atomic E-state index is 11.0. The number of carbonyl (C=O) groups is 1. The van der Waals surface area contributed by atoms with E-state index in [0.29, 0.717) is 5.69 Å². The van der Waals surface area contributed by atoms with Gasteiger partial charge in [0, 0.05) is 10.7 Å². The second-order valence-electron chi connectivity index (χ2n) is 3.83. The fourth-order valence-electron chi connectivity index (χ4n) is 1.81. The zero-order valence-electron chi connectivity index (χ0n) is 9.30. The average molecular weight is 294 g/mol. The molecule has 0 aliphatic rings. The van der Waals surface area contributed by atoms with Crippen LogP contribution in [0.15, 0.2) is 47.1 Å². The van der Waals surface area contributed by atoms with Crippen LogP contribution in [0.25, 0.3) is 0 Å². The van der Waals surface area contributed by atoms with Gasteiger partial charge in [0.05, 0.1) is 6.04 Å². The first kappa shape index (κ1) is 11.9. The lowest BCUT2D eigenvalue weighted by Crippen LogP contribution is -2.12. The summed E-state index contributed by atoms with van der Waals surface area (Å²) in [5.41, 5.74) is 1.38. The highest BCUT2D eigenvalue weighted by Crippen LogP contribution is 2.22. The van der Waals surface area contributed by atoms with Crippen molar-refractivity contribution in [2.24, 2.45) is 0 Å². The van der Waals surface area contributed by atoms with Crippen LogP contribution in [0.4, 0.5) is 0 Å². The number of carboxylic acid groups (broad SMARTS) is 1. The first-order valence-corrected chi connectivity index (χ1v) is 6.04. The van der Waals surface area contributed by atoms with Gasteiger partial charge in [-0.1, -0.05) is 28.1 Å². The third kappa shape index (κ3) is 2.42. The highest BCUT2D eigenvalue weighted by atomic mass is 79.9. The molecule has 0 radical (unpaired) electrons. The molecule has 1 N–H and O–H groups in total. The van der Waals surface area contributed by atoms with E-state index < -0.39 is 5.97 Å². The molecular formula is C13H12BrNO2. The van der Waals surface area contributed by atoms with E-state index in [1.807, 2.05) is 31.2 Å². The Morgan fingerprint density at radius 1 is 1.29 bits per heavy atom. The summed E-state index contributed by atoms with van der Waals surface area (Å²) in [6.45, 7) is 1.98. The lowest BCUT2D eigenvalue weighted by molar-refractivity contribution is 0.0684. The number of carboxylic acids is 1. The Bertz CT molecular complexity index is 531. The second-order valence-corrected chi connectivity index (χ2v) is 4.75. The molecule has 88 valence electrons. The van der Waals surface area contributed by atoms with Gasteiger partial charge in [0.15, 0.2) is 0 Å². The van der Waals surface area contributed by atoms with Gasteiger partial charge in [-0.05, 0) is 36.8 Å². The number of benzene rings is 1. The topological polar surface area (TPSA) is 42.2 Å². The van der Waals surface area contributed by atoms with Gasteiger partial charge < -0.3 is 9.67 Å². The van der Waals surface area contributed by atoms with Crippen molar-refractivity contribution in [3.05, 3.63) is 58.3 Å². The summed E-state index contributed by atoms with van der Waals surface area (Å²) in [4.78, 5) is 11.0. The van der Waals surface area contributed by atoms with Crippen LogP contribution in [0.1, 0.15) is 29.0 Å². The number of hydrogen-bond donors (Lipinski definition) is 1. The molecule has 0 spiro atoms. The molecule has 4 heteroatoms. The van der Waals surface area contributed by atoms with Crippen LogP contribution >= 0.6 is 15.9 Å². The van der Waals surface area contributed by atoms with Crippen molar-refractivity contribution >= 4 is 21.9 Å². The van der Waals surface area contributed by atoms with Gasteiger partial charge in [-0.2, -0.15) is 0 Å². The Balaban J connectivity index is 2.36. The molecule has 0 saturated heterocycles. The molecule has 1 atom stereocenters. The largest absolute Gasteiger partial charge is 0.477 e. The first-order valence-electron chi connectivity index (χ1n) is 5.25. The van der Waals surface area contributed by atoms with Crippen LogP contribution in [0.5, 0.6) is 0 Å². The molecule has 0 amide bonds. The van der Waals surface area contributed by atoms with E-state index >= 15 is 0 Å². The molecule has 0 fully saturated rings. The standard InChI is InChI=1S/C13H12BrNO2/c1-9(10-4-6-11(14)7-5-10)15-8-2-3-12(15)13(16)17/h2-9H,1H3,(H,16,17). The fourth-order valence-corrected chi connectivity index (χ4v) is 2.08. The molecule has 0 aliphatic heterocycles. The van der Waals surface area contributed by atoms with Crippen molar-refractivity contribution < 1.29 is 9.90 Å². The predicted octanol–water partition coefficient (Wildman–Crippen LogP) is 3.56. The lowest BCUT2D eigenvalue weighted by Gasteiger charge is -2.16. The van der Waals surface area contributed by atoms with Crippen molar-refractivity contribution in [2.75, 3.05) is 0 Å². The van der Waals surface area contributed by atoms with Gasteiger partial charge >= 0.3 is 5.97 Å². The summed E-state index contributed by atoms with van der Waals surface area (Å²) in [5.74, 6) is -0.904. The number of rotatable bonds is 3. The number of aromatic nitrogens is 1. The van der Waals surface area contributed by atoms with Gasteiger partial charge in [-0.25, -0.2) is 4.79 Å². The van der Waals surface area contributed by atoms with Crippen LogP contribution in [-0.4, -0.2) is 15.6 Å². The highest BCUT2D eigenvalue weighted by molar-refractivity contribution is 9.10. The third-order valence-corrected chi connectivity index (χ3v) is 3.30. The van der Waals surface area contributed by atoms with Crippen molar-refractivity contribution in [2.45, 2.75) is 13.0 Å². The van der Waals surface area contributed by atoms with Crippen molar-refractivity contribution in [1.82, 2.24) is 4.57 Å². The van der Waals surface area contributed by atoms with Gasteiger partial charge in [0.1, 0.15) is 5.69 Å². The Morgan fingerprint density at radius 3 is 2.53 bits per heavy atom. The normalized spacial score (nSPS) is 12.4. The third-order valence-electron chi connectivity index (χ3n) is 2.77. The summed E-state index contributed by atoms with van der Waals surface area (Å²) in [5, 5.41) is 9.07. The van der Waals surface area contributed by atoms with E-state index in [4.69, 9.17) is 5.11 Å². The Morgan fingerprint density at radius 2 is 1.94 bits per heavy atom. The molecule has 1 unspecified atom stereocenters. The minimum absolute atomic E-state index is 0.00389. The fraction of sp³-hybridized carbons (Fsp3) is 0.154. The molecule has 1 heterocycles. The number of hydrogen-bond acceptors (Lipinski definition) is 1. The van der Waals surface area contributed by atoms with Gasteiger partial charge in [0.2, 0.25) is 0 Å². The molecule has 1 aromatic carbocycles. The van der Waals surface area contributed by atoms with E-state index in [1.54, 1.807) is 22.9 Å². The van der Waals surface area contributed by atoms with Gasteiger partial charge in [-0.15, -0.1) is 0 Å². The van der Waals surface area contributed by atoms with Crippen LogP contribution in [0.2, 0.25) is 0 Å². The summed E-state index contributed by atoms with van der Waals surface area (Å²) in [7, 11) is 0. The van der Waals surface area contributed by atoms with Crippen LogP contribution in [0, 0.1) is 0 Å². The maximum Gasteiger partial charge on any atom is 0.352 e. The quantitative estimate of drug-likeness (QED) is 0.940. The maximum atomic E-state index is 11.0. The van der Waals surface area contributed by atoms with E-state index in [0.717, 1.165) is 10.0 Å². The number of halogens is 1. The molecular weight excluding hydrogens is 282 g/mol. The Labute approximate surface area is 108 Å². The smallest absolute Gasteiger partial charge is 0.352 e. The summed E-state index contributed by atoms with van der Waals surface area (Å²) in [6, 6.07) is 11.2. The van der Waals surface area contributed by atoms with E-state index in [2.05, 4.69) is 15.9 Å². The SMILES string of the molecule is CC(c1ccc(Br)cc1)n1cccc1C(=O)O. The minimum atomic E-state index is -0.904. The predicted molar refractivity (Wildman–Crippen MR) is 69.3 cm³/mol. The average Bonchev–Trinajstić information content (AvgIpc) is 2.78. The van der Waals surface area contributed by atoms with Gasteiger partial charge in [-0.3, -0.25) is 0 Å². The molecule has 1 aromatic heterocycles. The van der Waals surface area contributed by atoms with Gasteiger partial charge in [0.25, 0.3) is 0 Å².